The molecule has 0 saturated carbocycles. The van der Waals surface area contributed by atoms with E-state index in [1.54, 1.807) is 25.3 Å². The third-order valence-corrected chi connectivity index (χ3v) is 3.11. The SMILES string of the molecule is COc1ccc(C(C)Nc2cccc(C(=O)O)c2)cc1. The van der Waals surface area contributed by atoms with Gasteiger partial charge in [-0.25, -0.2) is 4.79 Å². The van der Waals surface area contributed by atoms with Crippen molar-refractivity contribution in [2.45, 2.75) is 13.0 Å². The van der Waals surface area contributed by atoms with Gasteiger partial charge in [-0.2, -0.15) is 0 Å². The Morgan fingerprint density at radius 2 is 1.90 bits per heavy atom. The van der Waals surface area contributed by atoms with Crippen molar-refractivity contribution in [1.29, 1.82) is 0 Å². The summed E-state index contributed by atoms with van der Waals surface area (Å²) in [4.78, 5) is 10.9. The van der Waals surface area contributed by atoms with Gasteiger partial charge in [-0.05, 0) is 42.8 Å². The standard InChI is InChI=1S/C16H17NO3/c1-11(12-6-8-15(20-2)9-7-12)17-14-5-3-4-13(10-14)16(18)19/h3-11,17H,1-2H3,(H,18,19). The molecule has 0 radical (unpaired) electrons. The number of carboxylic acid groups (broad SMARTS) is 1. The third-order valence-electron chi connectivity index (χ3n) is 3.11. The Labute approximate surface area is 118 Å². The van der Waals surface area contributed by atoms with Crippen LogP contribution in [0.5, 0.6) is 5.75 Å². The molecule has 1 unspecified atom stereocenters. The summed E-state index contributed by atoms with van der Waals surface area (Å²) in [5, 5.41) is 12.3. The van der Waals surface area contributed by atoms with Gasteiger partial charge in [0.15, 0.2) is 0 Å². The molecule has 104 valence electrons. The lowest BCUT2D eigenvalue weighted by molar-refractivity contribution is 0.0697. The summed E-state index contributed by atoms with van der Waals surface area (Å²) in [5.74, 6) is -0.112. The van der Waals surface area contributed by atoms with E-state index in [9.17, 15) is 4.79 Å². The first-order chi connectivity index (χ1) is 9.60. The summed E-state index contributed by atoms with van der Waals surface area (Å²) in [5.41, 5.74) is 2.16. The summed E-state index contributed by atoms with van der Waals surface area (Å²) in [6, 6.07) is 14.6. The molecule has 2 rings (SSSR count). The number of hydrogen-bond acceptors (Lipinski definition) is 3. The van der Waals surface area contributed by atoms with Crippen LogP contribution in [0.25, 0.3) is 0 Å². The minimum absolute atomic E-state index is 0.0740. The highest BCUT2D eigenvalue weighted by Crippen LogP contribution is 2.22. The molecule has 0 amide bonds. The monoisotopic (exact) mass is 271 g/mol. The second kappa shape index (κ2) is 6.10. The Kier molecular flexibility index (Phi) is 4.25. The van der Waals surface area contributed by atoms with E-state index in [1.165, 1.54) is 0 Å². The highest BCUT2D eigenvalue weighted by atomic mass is 16.5. The van der Waals surface area contributed by atoms with Gasteiger partial charge in [-0.3, -0.25) is 0 Å². The molecule has 0 saturated heterocycles. The molecule has 0 fully saturated rings. The molecule has 20 heavy (non-hydrogen) atoms. The fourth-order valence-corrected chi connectivity index (χ4v) is 1.97. The zero-order valence-electron chi connectivity index (χ0n) is 11.5. The van der Waals surface area contributed by atoms with E-state index in [-0.39, 0.29) is 11.6 Å². The highest BCUT2D eigenvalue weighted by molar-refractivity contribution is 5.88. The topological polar surface area (TPSA) is 58.6 Å². The summed E-state index contributed by atoms with van der Waals surface area (Å²) in [7, 11) is 1.63. The van der Waals surface area contributed by atoms with Gasteiger partial charge in [-0.1, -0.05) is 18.2 Å². The number of ether oxygens (including phenoxy) is 1. The molecule has 0 aliphatic heterocycles. The van der Waals surface area contributed by atoms with E-state index in [0.29, 0.717) is 0 Å². The van der Waals surface area contributed by atoms with Gasteiger partial charge in [0.1, 0.15) is 5.75 Å². The second-order valence-corrected chi connectivity index (χ2v) is 4.53. The van der Waals surface area contributed by atoms with Gasteiger partial charge in [0.2, 0.25) is 0 Å². The van der Waals surface area contributed by atoms with Gasteiger partial charge >= 0.3 is 5.97 Å². The molecule has 1 atom stereocenters. The smallest absolute Gasteiger partial charge is 0.335 e. The molecule has 2 aromatic rings. The maximum Gasteiger partial charge on any atom is 0.335 e. The maximum atomic E-state index is 10.9. The predicted octanol–water partition coefficient (Wildman–Crippen LogP) is 3.57. The average Bonchev–Trinajstić information content (AvgIpc) is 2.47. The number of nitrogens with one attached hydrogen (secondary N) is 1. The summed E-state index contributed by atoms with van der Waals surface area (Å²) in [6.07, 6.45) is 0. The Morgan fingerprint density at radius 1 is 1.20 bits per heavy atom. The van der Waals surface area contributed by atoms with Crippen LogP contribution < -0.4 is 10.1 Å². The number of carbonyl (C=O) groups is 1. The van der Waals surface area contributed by atoms with Crippen LogP contribution in [0.1, 0.15) is 28.9 Å². The third kappa shape index (κ3) is 3.29. The van der Waals surface area contributed by atoms with E-state index in [0.717, 1.165) is 17.0 Å². The maximum absolute atomic E-state index is 10.9. The average molecular weight is 271 g/mol. The van der Waals surface area contributed by atoms with Crippen molar-refractivity contribution in [3.8, 4) is 5.75 Å². The highest BCUT2D eigenvalue weighted by Gasteiger charge is 2.07. The number of hydrogen-bond donors (Lipinski definition) is 2. The van der Waals surface area contributed by atoms with Crippen molar-refractivity contribution in [2.75, 3.05) is 12.4 Å². The largest absolute Gasteiger partial charge is 0.497 e. The molecule has 4 nitrogen and oxygen atoms in total. The summed E-state index contributed by atoms with van der Waals surface area (Å²) >= 11 is 0. The van der Waals surface area contributed by atoms with E-state index in [2.05, 4.69) is 5.32 Å². The number of rotatable bonds is 5. The van der Waals surface area contributed by atoms with Gasteiger partial charge in [0, 0.05) is 11.7 Å². The van der Waals surface area contributed by atoms with Crippen LogP contribution in [0.4, 0.5) is 5.69 Å². The van der Waals surface area contributed by atoms with E-state index >= 15 is 0 Å². The van der Waals surface area contributed by atoms with Crippen LogP contribution in [0.15, 0.2) is 48.5 Å². The molecular formula is C16H17NO3. The molecule has 0 heterocycles. The van der Waals surface area contributed by atoms with Crippen LogP contribution in [-0.4, -0.2) is 18.2 Å². The lowest BCUT2D eigenvalue weighted by Crippen LogP contribution is -2.07. The fraction of sp³-hybridized carbons (Fsp3) is 0.188. The fourth-order valence-electron chi connectivity index (χ4n) is 1.97. The molecule has 0 bridgehead atoms. The lowest BCUT2D eigenvalue weighted by Gasteiger charge is -2.16. The second-order valence-electron chi connectivity index (χ2n) is 4.53. The first kappa shape index (κ1) is 13.9. The van der Waals surface area contributed by atoms with Crippen LogP contribution >= 0.6 is 0 Å². The molecule has 0 spiro atoms. The van der Waals surface area contributed by atoms with Crippen molar-refractivity contribution in [3.63, 3.8) is 0 Å². The lowest BCUT2D eigenvalue weighted by atomic mass is 10.1. The number of carboxylic acids is 1. The number of anilines is 1. The Balaban J connectivity index is 2.12. The summed E-state index contributed by atoms with van der Waals surface area (Å²) in [6.45, 7) is 2.02. The minimum atomic E-state index is -0.925. The van der Waals surface area contributed by atoms with Crippen molar-refractivity contribution >= 4 is 11.7 Å². The van der Waals surface area contributed by atoms with E-state index < -0.39 is 5.97 Å². The quantitative estimate of drug-likeness (QED) is 0.872. The first-order valence-corrected chi connectivity index (χ1v) is 6.34. The van der Waals surface area contributed by atoms with Crippen molar-refractivity contribution in [1.82, 2.24) is 0 Å². The van der Waals surface area contributed by atoms with E-state index in [1.807, 2.05) is 37.3 Å². The minimum Gasteiger partial charge on any atom is -0.497 e. The van der Waals surface area contributed by atoms with Gasteiger partial charge in [-0.15, -0.1) is 0 Å². The van der Waals surface area contributed by atoms with Gasteiger partial charge in [0.05, 0.1) is 12.7 Å². The predicted molar refractivity (Wildman–Crippen MR) is 78.4 cm³/mol. The van der Waals surface area contributed by atoms with Crippen molar-refractivity contribution < 1.29 is 14.6 Å². The molecule has 4 heteroatoms. The molecule has 2 N–H and O–H groups in total. The van der Waals surface area contributed by atoms with Crippen molar-refractivity contribution in [3.05, 3.63) is 59.7 Å². The molecular weight excluding hydrogens is 254 g/mol. The van der Waals surface area contributed by atoms with Crippen LogP contribution in [0, 0.1) is 0 Å². The van der Waals surface area contributed by atoms with Crippen molar-refractivity contribution in [2.24, 2.45) is 0 Å². The molecule has 2 aromatic carbocycles. The number of benzene rings is 2. The molecule has 0 aliphatic carbocycles. The van der Waals surface area contributed by atoms with Gasteiger partial charge < -0.3 is 15.2 Å². The summed E-state index contributed by atoms with van der Waals surface area (Å²) < 4.78 is 5.12. The zero-order chi connectivity index (χ0) is 14.5. The number of methoxy groups -OCH3 is 1. The van der Waals surface area contributed by atoms with Crippen LogP contribution in [-0.2, 0) is 0 Å². The number of aromatic carboxylic acids is 1. The first-order valence-electron chi connectivity index (χ1n) is 6.34. The zero-order valence-corrected chi connectivity index (χ0v) is 11.5. The van der Waals surface area contributed by atoms with Crippen LogP contribution in [0.2, 0.25) is 0 Å². The Hall–Kier alpha value is -2.49. The Morgan fingerprint density at radius 3 is 2.50 bits per heavy atom. The normalized spacial score (nSPS) is 11.7. The van der Waals surface area contributed by atoms with E-state index in [4.69, 9.17) is 9.84 Å². The molecule has 0 aromatic heterocycles. The molecule has 0 aliphatic rings. The van der Waals surface area contributed by atoms with Crippen LogP contribution in [0.3, 0.4) is 0 Å². The van der Waals surface area contributed by atoms with Gasteiger partial charge in [0.25, 0.3) is 0 Å². The Bertz CT molecular complexity index is 593.